The van der Waals surface area contributed by atoms with Gasteiger partial charge in [-0.2, -0.15) is 17.6 Å². The van der Waals surface area contributed by atoms with Gasteiger partial charge in [-0.25, -0.2) is 0 Å². The van der Waals surface area contributed by atoms with E-state index < -0.39 is 68.4 Å². The normalized spacial score (nSPS) is 24.1. The number of carbonyl (C=O) groups excluding carboxylic acids is 7. The molecular formula is C59H96F4LiO20P. The van der Waals surface area contributed by atoms with E-state index in [0.29, 0.717) is 83.8 Å². The van der Waals surface area contributed by atoms with Gasteiger partial charge >= 0.3 is 54.6 Å². The Balaban J connectivity index is -0.00000125. The number of methoxy groups -OCH3 is 2. The standard InChI is InChI=1S/C28H42F2O7.C22H34O7.C9H17F2O2P.Li.H2O2.O2.H/c1-4-5-17-28(29,30)25(32)16-15-22-21(12-8-6-7-9-13-26(33)34-3)23(36-20(2)31)19-24(22)37-27-14-10-11-18-35-27;1-16(24)28-19-14-20(29-22-12-8-9-13-27-22)18(15-23)17(19)10-6-4-3-5-7-11-21(25)26-2;1-4-5-6-9(10,11)8(12)7-14(3)13-2;;2*1-2;/h6,8,15-16,21-24,27H,4-5,7,9-14,17-19H2,1-3H3;4,6,15,17-20,22H,3,5,7-14H2,1-2H3;4-7H2,1-3H3;;1-2H;;/q;;;+1;;;-1/b8-6-,16-15+;6-4-;;;;;/t21-,22-,23+,24-,27?;17-,18-,19+,20-,22?;;;;;/m11...../s1. The van der Waals surface area contributed by atoms with Gasteiger partial charge in [-0.1, -0.05) is 57.1 Å². The molecule has 2 aliphatic heterocycles. The minimum absolute atomic E-state index is 0. The zero-order valence-corrected chi connectivity index (χ0v) is 52.3. The third-order valence-electron chi connectivity index (χ3n) is 14.4. The van der Waals surface area contributed by atoms with Crippen LogP contribution in [0.15, 0.2) is 36.5 Å². The molecule has 2 aliphatic carbocycles. The fraction of sp³-hybridized carbons (Fsp3) is 0.780. The first-order valence-corrected chi connectivity index (χ1v) is 31.0. The van der Waals surface area contributed by atoms with Crippen molar-refractivity contribution < 1.29 is 124 Å². The number of esters is 4. The average Bonchev–Trinajstić information content (AvgIpc) is 2.79. The first-order chi connectivity index (χ1) is 40.2. The molecule has 0 spiro atoms. The Morgan fingerprint density at radius 2 is 1.08 bits per heavy atom. The fourth-order valence-corrected chi connectivity index (χ4v) is 10.6. The maximum atomic E-state index is 14.3. The Bertz CT molecular complexity index is 1960. The van der Waals surface area contributed by atoms with E-state index in [1.165, 1.54) is 41.3 Å². The van der Waals surface area contributed by atoms with Crippen LogP contribution in [0.5, 0.6) is 0 Å². The first-order valence-electron chi connectivity index (χ1n) is 29.1. The van der Waals surface area contributed by atoms with Crippen LogP contribution < -0.4 is 18.9 Å². The maximum Gasteiger partial charge on any atom is 1.00 e. The van der Waals surface area contributed by atoms with E-state index in [4.69, 9.17) is 53.4 Å². The van der Waals surface area contributed by atoms with Crippen LogP contribution in [0.4, 0.5) is 17.6 Å². The van der Waals surface area contributed by atoms with E-state index in [0.717, 1.165) is 70.1 Å². The zero-order valence-electron chi connectivity index (χ0n) is 52.4. The van der Waals surface area contributed by atoms with Crippen LogP contribution in [0, 0.1) is 33.6 Å². The zero-order chi connectivity index (χ0) is 63.5. The van der Waals surface area contributed by atoms with E-state index in [1.807, 2.05) is 25.2 Å². The average molecular weight is 1240 g/mol. The summed E-state index contributed by atoms with van der Waals surface area (Å²) in [5, 5.41) is 12.0. The van der Waals surface area contributed by atoms with Crippen molar-refractivity contribution in [3.05, 3.63) is 46.4 Å². The van der Waals surface area contributed by atoms with Crippen molar-refractivity contribution in [3.63, 3.8) is 0 Å². The molecule has 26 heteroatoms. The summed E-state index contributed by atoms with van der Waals surface area (Å²) in [6, 6.07) is 0. The van der Waals surface area contributed by atoms with Gasteiger partial charge in [0.25, 0.3) is 0 Å². The van der Waals surface area contributed by atoms with Gasteiger partial charge in [0.15, 0.2) is 12.6 Å². The molecule has 0 bridgehead atoms. The number of hydrogen-bond acceptors (Lipinski definition) is 20. The molecule has 85 heavy (non-hydrogen) atoms. The smallest absolute Gasteiger partial charge is 1.00 e. The van der Waals surface area contributed by atoms with Crippen molar-refractivity contribution in [2.75, 3.05) is 47.4 Å². The van der Waals surface area contributed by atoms with Crippen molar-refractivity contribution >= 4 is 49.9 Å². The summed E-state index contributed by atoms with van der Waals surface area (Å²) in [5.74, 6) is -11.1. The second-order valence-electron chi connectivity index (χ2n) is 20.8. The minimum atomic E-state index is -3.42. The molecular weight excluding hydrogens is 1140 g/mol. The third kappa shape index (κ3) is 35.1. The van der Waals surface area contributed by atoms with Crippen molar-refractivity contribution in [2.24, 2.45) is 23.7 Å². The quantitative estimate of drug-likeness (QED) is 0.00529. The predicted molar refractivity (Wildman–Crippen MR) is 307 cm³/mol. The molecule has 0 aromatic carbocycles. The van der Waals surface area contributed by atoms with Crippen molar-refractivity contribution in [3.8, 4) is 0 Å². The molecule has 486 valence electrons. The van der Waals surface area contributed by atoms with Gasteiger partial charge in [0, 0.05) is 114 Å². The van der Waals surface area contributed by atoms with Gasteiger partial charge < -0.3 is 48.6 Å². The van der Waals surface area contributed by atoms with Gasteiger partial charge in [-0.05, 0) is 109 Å². The second kappa shape index (κ2) is 49.1. The van der Waals surface area contributed by atoms with Crippen LogP contribution in [0.1, 0.15) is 177 Å². The molecule has 20 nitrogen and oxygen atoms in total. The summed E-state index contributed by atoms with van der Waals surface area (Å²) < 4.78 is 104. The van der Waals surface area contributed by atoms with Crippen molar-refractivity contribution in [1.29, 1.82) is 0 Å². The Kier molecular flexibility index (Phi) is 48.1. The molecule has 0 aromatic rings. The number of alkyl halides is 4. The van der Waals surface area contributed by atoms with Crippen LogP contribution in [0.2, 0.25) is 0 Å². The number of ketones is 2. The molecule has 2 N–H and O–H groups in total. The van der Waals surface area contributed by atoms with Gasteiger partial charge in [0.2, 0.25) is 11.6 Å². The summed E-state index contributed by atoms with van der Waals surface area (Å²) in [4.78, 5) is 95.1. The predicted octanol–water partition coefficient (Wildman–Crippen LogP) is 9.31. The summed E-state index contributed by atoms with van der Waals surface area (Å²) >= 11 is 0. The van der Waals surface area contributed by atoms with E-state index in [9.17, 15) is 51.1 Å². The second-order valence-corrected chi connectivity index (χ2v) is 22.7. The third-order valence-corrected chi connectivity index (χ3v) is 15.8. The van der Waals surface area contributed by atoms with Crippen LogP contribution in [0.25, 0.3) is 0 Å². The largest absolute Gasteiger partial charge is 1.00 e. The molecule has 0 amide bonds. The summed E-state index contributed by atoms with van der Waals surface area (Å²) in [6.45, 7) is 9.28. The molecule has 0 radical (unpaired) electrons. The number of aldehydes is 1. The monoisotopic (exact) mass is 1240 g/mol. The molecule has 4 aliphatic rings. The van der Waals surface area contributed by atoms with E-state index in [1.54, 1.807) is 13.6 Å². The molecule has 4 rings (SSSR count). The Morgan fingerprint density at radius 3 is 1.51 bits per heavy atom. The number of halogens is 4. The molecule has 2 heterocycles. The topological polar surface area (TPSA) is 277 Å². The molecule has 4 fully saturated rings. The number of carbonyl (C=O) groups is 7. The Hall–Kier alpha value is -3.82. The van der Waals surface area contributed by atoms with Crippen molar-refractivity contribution in [2.45, 2.75) is 224 Å². The summed E-state index contributed by atoms with van der Waals surface area (Å²) in [6.07, 6.45) is 22.2. The Labute approximate surface area is 513 Å². The van der Waals surface area contributed by atoms with Crippen LogP contribution in [0.3, 0.4) is 0 Å². The molecule has 3 unspecified atom stereocenters. The first kappa shape index (κ1) is 83.2. The van der Waals surface area contributed by atoms with Crippen molar-refractivity contribution in [1.82, 2.24) is 0 Å². The number of ether oxygens (including phenoxy) is 8. The fourth-order valence-electron chi connectivity index (χ4n) is 9.86. The van der Waals surface area contributed by atoms with Gasteiger partial charge in [-0.15, -0.1) is 0 Å². The number of rotatable bonds is 33. The summed E-state index contributed by atoms with van der Waals surface area (Å²) in [5.41, 5.74) is 0. The molecule has 2 saturated carbocycles. The van der Waals surface area contributed by atoms with Crippen LogP contribution >= 0.6 is 8.15 Å². The minimum Gasteiger partial charge on any atom is -1.00 e. The Morgan fingerprint density at radius 1 is 0.635 bits per heavy atom. The molecule has 0 aromatic heterocycles. The molecule has 11 atom stereocenters. The molecule has 2 saturated heterocycles. The van der Waals surface area contributed by atoms with E-state index in [-0.39, 0.29) is 93.5 Å². The number of hydrogen-bond donors (Lipinski definition) is 2. The van der Waals surface area contributed by atoms with Crippen LogP contribution in [-0.2, 0) is 76.0 Å². The number of unbranched alkanes of at least 4 members (excludes halogenated alkanes) is 5. The van der Waals surface area contributed by atoms with Gasteiger partial charge in [-0.3, -0.25) is 39.3 Å². The SMILES string of the molecule is CCCCC(F)(F)C(=O)/C=C/[C@@H]1[C@@H](C/C=C\CCCC(=O)OC)[C@@H](OC(C)=O)C[C@H]1OC1CCCCO1.CCCCC(F)(F)C(=O)CP(C)OC.COC(=O)CCCC/C=C\C[C@@H]1[C@@H](C=O)[C@H](OC2CCCCO2)C[C@@H]1OC(C)=O.O=O.OO.[H-].[Li+]. The number of Topliss-reactive ketones (excluding diaryl/α,β-unsaturated/α-hetero) is 1. The number of allylic oxidation sites excluding steroid dienone is 5. The van der Waals surface area contributed by atoms with E-state index in [2.05, 4.69) is 15.5 Å². The van der Waals surface area contributed by atoms with Gasteiger partial charge in [0.1, 0.15) is 18.5 Å². The van der Waals surface area contributed by atoms with Gasteiger partial charge in [0.05, 0.1) is 32.6 Å². The summed E-state index contributed by atoms with van der Waals surface area (Å²) in [7, 11) is 3.15. The van der Waals surface area contributed by atoms with Crippen LogP contribution in [-0.4, -0.2) is 148 Å². The maximum absolute atomic E-state index is 14.3. The van der Waals surface area contributed by atoms with E-state index >= 15 is 0 Å².